The molecule has 1 aliphatic carbocycles. The van der Waals surface area contributed by atoms with Crippen LogP contribution in [0, 0.1) is 0 Å². The number of aliphatic imine (C=N–C) groups is 1. The molecule has 4 atom stereocenters. The van der Waals surface area contributed by atoms with Gasteiger partial charge < -0.3 is 33.7 Å². The monoisotopic (exact) mass is 583 g/mol. The quantitative estimate of drug-likeness (QED) is 0.574. The Morgan fingerprint density at radius 1 is 1.02 bits per heavy atom. The number of morpholine rings is 1. The lowest BCUT2D eigenvalue weighted by atomic mass is 9.82. The molecule has 41 heavy (non-hydrogen) atoms. The van der Waals surface area contributed by atoms with Crippen LogP contribution in [0.4, 0.5) is 10.5 Å². The first-order chi connectivity index (χ1) is 20.0. The van der Waals surface area contributed by atoms with Crippen molar-refractivity contribution in [2.45, 2.75) is 68.5 Å². The molecule has 11 heteroatoms. The topological polar surface area (TPSA) is 112 Å². The van der Waals surface area contributed by atoms with Gasteiger partial charge >= 0.3 is 6.09 Å². The van der Waals surface area contributed by atoms with Crippen molar-refractivity contribution in [3.05, 3.63) is 46.6 Å². The van der Waals surface area contributed by atoms with E-state index >= 15 is 0 Å². The molecule has 10 nitrogen and oxygen atoms in total. The van der Waals surface area contributed by atoms with E-state index in [1.165, 1.54) is 5.56 Å². The van der Waals surface area contributed by atoms with Crippen LogP contribution < -0.4 is 0 Å². The SMILES string of the molecule is O=C(OC1CCC(c2ccc(-c3nc4c(cc3Cl)N=C(O[C@@H]3CO[C@H]5[C@@H]3OC[C@H]5O)C4)cc2)CC1)N1CCOCC1. The van der Waals surface area contributed by atoms with Gasteiger partial charge in [0.25, 0.3) is 0 Å². The molecule has 0 unspecified atom stereocenters. The van der Waals surface area contributed by atoms with E-state index in [4.69, 9.17) is 40.3 Å². The lowest BCUT2D eigenvalue weighted by Crippen LogP contribution is -2.42. The summed E-state index contributed by atoms with van der Waals surface area (Å²) >= 11 is 6.66. The second-order valence-corrected chi connectivity index (χ2v) is 11.8. The summed E-state index contributed by atoms with van der Waals surface area (Å²) in [5, 5.41) is 10.5. The smallest absolute Gasteiger partial charge is 0.410 e. The van der Waals surface area contributed by atoms with Crippen molar-refractivity contribution in [2.24, 2.45) is 4.99 Å². The molecule has 1 aromatic carbocycles. The first kappa shape index (κ1) is 27.1. The van der Waals surface area contributed by atoms with Crippen LogP contribution in [0.15, 0.2) is 35.3 Å². The molecule has 218 valence electrons. The Kier molecular flexibility index (Phi) is 7.59. The largest absolute Gasteiger partial charge is 0.472 e. The molecular weight excluding hydrogens is 550 g/mol. The lowest BCUT2D eigenvalue weighted by molar-refractivity contribution is 0.00445. The van der Waals surface area contributed by atoms with Gasteiger partial charge in [0, 0.05) is 18.7 Å². The zero-order valence-electron chi connectivity index (χ0n) is 22.7. The minimum atomic E-state index is -0.619. The van der Waals surface area contributed by atoms with Gasteiger partial charge in [-0.1, -0.05) is 35.9 Å². The van der Waals surface area contributed by atoms with Crippen molar-refractivity contribution in [3.63, 3.8) is 0 Å². The summed E-state index contributed by atoms with van der Waals surface area (Å²) in [6, 6.07) is 10.3. The summed E-state index contributed by atoms with van der Waals surface area (Å²) in [6.07, 6.45) is 2.36. The normalized spacial score (nSPS) is 31.0. The predicted molar refractivity (Wildman–Crippen MR) is 150 cm³/mol. The van der Waals surface area contributed by atoms with Crippen molar-refractivity contribution >= 4 is 29.3 Å². The van der Waals surface area contributed by atoms with Crippen LogP contribution in [-0.2, 0) is 30.1 Å². The second-order valence-electron chi connectivity index (χ2n) is 11.4. The Labute approximate surface area is 243 Å². The summed E-state index contributed by atoms with van der Waals surface area (Å²) in [5.41, 5.74) is 4.47. The van der Waals surface area contributed by atoms with E-state index in [0.29, 0.717) is 61.9 Å². The molecule has 0 bridgehead atoms. The van der Waals surface area contributed by atoms with E-state index in [2.05, 4.69) is 29.3 Å². The third-order valence-electron chi connectivity index (χ3n) is 8.73. The molecule has 1 saturated carbocycles. The first-order valence-corrected chi connectivity index (χ1v) is 14.9. The number of benzene rings is 1. The number of fused-ring (bicyclic) bond motifs is 2. The molecule has 5 aliphatic rings. The Morgan fingerprint density at radius 3 is 2.56 bits per heavy atom. The van der Waals surface area contributed by atoms with Crippen LogP contribution in [0.1, 0.15) is 42.9 Å². The minimum Gasteiger partial charge on any atom is -0.472 e. The first-order valence-electron chi connectivity index (χ1n) is 14.5. The highest BCUT2D eigenvalue weighted by Crippen LogP contribution is 2.38. The standard InChI is InChI=1S/C30H34ClN3O7/c31-21-13-22-23(14-26(32-22)41-25-16-39-28-24(35)15-38-29(25)28)33-27(21)19-3-1-17(2-4-19)18-5-7-20(8-6-18)40-30(36)34-9-11-37-12-10-34/h1-4,13,18,20,24-25,28-29,35H,5-12,14-16H2/t18?,20?,24-,25-,28-,29-/m1/s1. The zero-order valence-corrected chi connectivity index (χ0v) is 23.5. The molecule has 0 spiro atoms. The Balaban J connectivity index is 0.949. The minimum absolute atomic E-state index is 0.0220. The number of aromatic nitrogens is 1. The maximum Gasteiger partial charge on any atom is 0.410 e. The van der Waals surface area contributed by atoms with Crippen molar-refractivity contribution in [2.75, 3.05) is 39.5 Å². The summed E-state index contributed by atoms with van der Waals surface area (Å²) < 4.78 is 28.5. The number of rotatable bonds is 4. The fourth-order valence-corrected chi connectivity index (χ4v) is 6.70. The van der Waals surface area contributed by atoms with Crippen molar-refractivity contribution < 1.29 is 33.6 Å². The number of nitrogens with zero attached hydrogens (tertiary/aromatic N) is 3. The van der Waals surface area contributed by atoms with E-state index < -0.39 is 6.10 Å². The summed E-state index contributed by atoms with van der Waals surface area (Å²) in [4.78, 5) is 23.6. The van der Waals surface area contributed by atoms with Gasteiger partial charge in [0.2, 0.25) is 0 Å². The number of amides is 1. The predicted octanol–water partition coefficient (Wildman–Crippen LogP) is 4.03. The number of aliphatic hydroxyl groups excluding tert-OH is 1. The summed E-state index contributed by atoms with van der Waals surface area (Å²) in [7, 11) is 0. The van der Waals surface area contributed by atoms with Crippen LogP contribution in [0.25, 0.3) is 11.3 Å². The van der Waals surface area contributed by atoms with Gasteiger partial charge in [-0.3, -0.25) is 0 Å². The van der Waals surface area contributed by atoms with Gasteiger partial charge in [0.05, 0.1) is 54.9 Å². The van der Waals surface area contributed by atoms with Crippen LogP contribution >= 0.6 is 11.6 Å². The van der Waals surface area contributed by atoms with E-state index in [1.807, 2.05) is 6.07 Å². The van der Waals surface area contributed by atoms with Gasteiger partial charge in [0.15, 0.2) is 12.0 Å². The molecule has 4 aliphatic heterocycles. The van der Waals surface area contributed by atoms with Crippen molar-refractivity contribution in [1.29, 1.82) is 0 Å². The summed E-state index contributed by atoms with van der Waals surface area (Å²) in [6.45, 7) is 2.97. The molecule has 0 radical (unpaired) electrons. The average molecular weight is 584 g/mol. The Hall–Kier alpha value is -2.76. The number of hydrogen-bond donors (Lipinski definition) is 1. The molecule has 4 fully saturated rings. The van der Waals surface area contributed by atoms with E-state index in [-0.39, 0.29) is 37.1 Å². The molecule has 5 heterocycles. The number of carbonyl (C=O) groups excluding carboxylic acids is 1. The molecule has 3 saturated heterocycles. The molecule has 7 rings (SSSR count). The average Bonchev–Trinajstić information content (AvgIpc) is 3.70. The van der Waals surface area contributed by atoms with Crippen molar-refractivity contribution in [1.82, 2.24) is 9.88 Å². The summed E-state index contributed by atoms with van der Waals surface area (Å²) in [5.74, 6) is 0.990. The Morgan fingerprint density at radius 2 is 1.78 bits per heavy atom. The number of halogens is 1. The van der Waals surface area contributed by atoms with Crippen LogP contribution in [-0.4, -0.2) is 97.0 Å². The van der Waals surface area contributed by atoms with Gasteiger partial charge in [-0.15, -0.1) is 0 Å². The maximum atomic E-state index is 12.4. The van der Waals surface area contributed by atoms with Gasteiger partial charge in [-0.2, -0.15) is 0 Å². The second kappa shape index (κ2) is 11.5. The van der Waals surface area contributed by atoms with Gasteiger partial charge in [0.1, 0.15) is 24.4 Å². The third-order valence-corrected chi connectivity index (χ3v) is 9.02. The fraction of sp³-hybridized carbons (Fsp3) is 0.567. The van der Waals surface area contributed by atoms with E-state index in [0.717, 1.165) is 42.6 Å². The third kappa shape index (κ3) is 5.56. The number of pyridine rings is 1. The Bertz CT molecular complexity index is 1310. The number of carbonyl (C=O) groups is 1. The highest BCUT2D eigenvalue weighted by atomic mass is 35.5. The fourth-order valence-electron chi connectivity index (χ4n) is 6.44. The molecule has 1 aromatic heterocycles. The highest BCUT2D eigenvalue weighted by Gasteiger charge is 2.49. The number of aliphatic hydroxyl groups is 1. The van der Waals surface area contributed by atoms with Crippen molar-refractivity contribution in [3.8, 4) is 11.3 Å². The highest BCUT2D eigenvalue weighted by molar-refractivity contribution is 6.33. The zero-order chi connectivity index (χ0) is 27.9. The maximum absolute atomic E-state index is 12.4. The molecule has 2 aromatic rings. The molecule has 1 N–H and O–H groups in total. The van der Waals surface area contributed by atoms with Crippen LogP contribution in [0.5, 0.6) is 0 Å². The van der Waals surface area contributed by atoms with Crippen LogP contribution in [0.3, 0.4) is 0 Å². The van der Waals surface area contributed by atoms with Gasteiger partial charge in [-0.25, -0.2) is 14.8 Å². The van der Waals surface area contributed by atoms with Gasteiger partial charge in [-0.05, 0) is 43.2 Å². The van der Waals surface area contributed by atoms with E-state index in [9.17, 15) is 9.90 Å². The van der Waals surface area contributed by atoms with Crippen LogP contribution in [0.2, 0.25) is 5.02 Å². The van der Waals surface area contributed by atoms with E-state index in [1.54, 1.807) is 4.90 Å². The lowest BCUT2D eigenvalue weighted by Gasteiger charge is -2.32. The molecular formula is C30H34ClN3O7. The number of ether oxygens (including phenoxy) is 5. The molecule has 1 amide bonds. The number of hydrogen-bond acceptors (Lipinski definition) is 9.